The summed E-state index contributed by atoms with van der Waals surface area (Å²) in [5.41, 5.74) is 1.70. The molecule has 1 aliphatic rings. The van der Waals surface area contributed by atoms with Crippen LogP contribution in [0.4, 0.5) is 11.4 Å². The molecule has 3 rings (SSSR count). The number of benzene rings is 2. The van der Waals surface area contributed by atoms with Crippen molar-refractivity contribution < 1.29 is 19.6 Å². The highest BCUT2D eigenvalue weighted by Crippen LogP contribution is 2.39. The molecule has 1 amide bonds. The lowest BCUT2D eigenvalue weighted by atomic mass is 10.0. The zero-order valence-electron chi connectivity index (χ0n) is 12.4. The summed E-state index contributed by atoms with van der Waals surface area (Å²) < 4.78 is 5.93. The third kappa shape index (κ3) is 2.80. The van der Waals surface area contributed by atoms with Gasteiger partial charge in [0.1, 0.15) is 0 Å². The van der Waals surface area contributed by atoms with Crippen molar-refractivity contribution >= 4 is 51.5 Å². The third-order valence-electron chi connectivity index (χ3n) is 3.57. The highest BCUT2D eigenvalue weighted by Gasteiger charge is 2.25. The Kier molecular flexibility index (Phi) is 4.14. The standard InChI is InChI=1S/C16H11IN2O5/c1-24-14-6-8(5-13(15(14)20)19(22)23)4-11-10-7-9(17)2-3-12(10)18-16(11)21/h2-7,20H,1H3,(H,18,21)/b11-4-. The number of halogens is 1. The predicted molar refractivity (Wildman–Crippen MR) is 97.0 cm³/mol. The Hall–Kier alpha value is -2.62. The second-order valence-corrected chi connectivity index (χ2v) is 6.30. The van der Waals surface area contributed by atoms with Crippen molar-refractivity contribution in [2.45, 2.75) is 0 Å². The van der Waals surface area contributed by atoms with Crippen LogP contribution in [0.3, 0.4) is 0 Å². The summed E-state index contributed by atoms with van der Waals surface area (Å²) in [7, 11) is 1.30. The molecule has 0 aromatic heterocycles. The average molecular weight is 438 g/mol. The number of hydrogen-bond acceptors (Lipinski definition) is 5. The number of hydrogen-bond donors (Lipinski definition) is 2. The Morgan fingerprint density at radius 2 is 2.08 bits per heavy atom. The highest BCUT2D eigenvalue weighted by molar-refractivity contribution is 14.1. The minimum absolute atomic E-state index is 0.0303. The van der Waals surface area contributed by atoms with Crippen LogP contribution in [0.5, 0.6) is 11.5 Å². The monoisotopic (exact) mass is 438 g/mol. The number of amides is 1. The van der Waals surface area contributed by atoms with Crippen molar-refractivity contribution in [3.8, 4) is 11.5 Å². The molecule has 0 spiro atoms. The van der Waals surface area contributed by atoms with Gasteiger partial charge in [-0.25, -0.2) is 0 Å². The van der Waals surface area contributed by atoms with E-state index < -0.39 is 16.4 Å². The molecule has 8 heteroatoms. The Morgan fingerprint density at radius 3 is 2.75 bits per heavy atom. The molecule has 0 atom stereocenters. The fraction of sp³-hybridized carbons (Fsp3) is 0.0625. The van der Waals surface area contributed by atoms with Crippen molar-refractivity contribution in [2.24, 2.45) is 0 Å². The number of ether oxygens (including phenoxy) is 1. The average Bonchev–Trinajstić information content (AvgIpc) is 2.84. The summed E-state index contributed by atoms with van der Waals surface area (Å²) in [6.45, 7) is 0. The van der Waals surface area contributed by atoms with Crippen LogP contribution < -0.4 is 10.1 Å². The van der Waals surface area contributed by atoms with E-state index in [-0.39, 0.29) is 11.7 Å². The Bertz CT molecular complexity index is 908. The molecule has 2 aromatic carbocycles. The smallest absolute Gasteiger partial charge is 0.315 e. The molecular formula is C16H11IN2O5. The maximum absolute atomic E-state index is 12.2. The normalized spacial score (nSPS) is 14.4. The van der Waals surface area contributed by atoms with E-state index in [0.29, 0.717) is 16.8 Å². The number of phenols is 1. The first kappa shape index (κ1) is 16.2. The minimum atomic E-state index is -0.703. The lowest BCUT2D eigenvalue weighted by Crippen LogP contribution is -2.03. The largest absolute Gasteiger partial charge is 0.500 e. The van der Waals surface area contributed by atoms with Gasteiger partial charge in [0, 0.05) is 26.5 Å². The Labute approximate surface area is 150 Å². The lowest BCUT2D eigenvalue weighted by Gasteiger charge is -2.06. The molecule has 1 aliphatic heterocycles. The van der Waals surface area contributed by atoms with Crippen LogP contribution in [0.1, 0.15) is 11.1 Å². The summed E-state index contributed by atoms with van der Waals surface area (Å²) in [6.07, 6.45) is 1.53. The molecule has 0 fully saturated rings. The minimum Gasteiger partial charge on any atom is -0.500 e. The van der Waals surface area contributed by atoms with E-state index in [1.165, 1.54) is 25.3 Å². The number of nitro benzene ring substituents is 1. The molecule has 0 unspecified atom stereocenters. The number of fused-ring (bicyclic) bond motifs is 1. The van der Waals surface area contributed by atoms with E-state index in [2.05, 4.69) is 27.9 Å². The first-order valence-corrected chi connectivity index (χ1v) is 7.87. The molecule has 0 aliphatic carbocycles. The fourth-order valence-corrected chi connectivity index (χ4v) is 2.95. The van der Waals surface area contributed by atoms with Crippen LogP contribution in [0.2, 0.25) is 0 Å². The van der Waals surface area contributed by atoms with Crippen LogP contribution in [-0.4, -0.2) is 23.0 Å². The van der Waals surface area contributed by atoms with E-state index in [1.54, 1.807) is 6.07 Å². The number of nitrogens with one attached hydrogen (secondary N) is 1. The fourth-order valence-electron chi connectivity index (χ4n) is 2.46. The summed E-state index contributed by atoms with van der Waals surface area (Å²) in [6, 6.07) is 8.16. The van der Waals surface area contributed by atoms with Crippen molar-refractivity contribution in [3.05, 3.63) is 55.1 Å². The van der Waals surface area contributed by atoms with Crippen LogP contribution >= 0.6 is 22.6 Å². The zero-order chi connectivity index (χ0) is 17.4. The quantitative estimate of drug-likeness (QED) is 0.331. The van der Waals surface area contributed by atoms with Gasteiger partial charge in [-0.3, -0.25) is 14.9 Å². The molecule has 7 nitrogen and oxygen atoms in total. The van der Waals surface area contributed by atoms with Crippen LogP contribution in [0.15, 0.2) is 30.3 Å². The van der Waals surface area contributed by atoms with Crippen molar-refractivity contribution in [1.82, 2.24) is 0 Å². The molecule has 0 radical (unpaired) electrons. The first-order chi connectivity index (χ1) is 11.4. The van der Waals surface area contributed by atoms with E-state index >= 15 is 0 Å². The second-order valence-electron chi connectivity index (χ2n) is 5.05. The van der Waals surface area contributed by atoms with Crippen LogP contribution in [0, 0.1) is 13.7 Å². The van der Waals surface area contributed by atoms with Crippen molar-refractivity contribution in [2.75, 3.05) is 12.4 Å². The molecule has 24 heavy (non-hydrogen) atoms. The van der Waals surface area contributed by atoms with E-state index in [9.17, 15) is 20.0 Å². The van der Waals surface area contributed by atoms with Gasteiger partial charge >= 0.3 is 5.69 Å². The molecule has 0 saturated carbocycles. The SMILES string of the molecule is COc1cc(/C=C2\C(=O)Nc3ccc(I)cc32)cc([N+](=O)[O-])c1O. The molecular weight excluding hydrogens is 427 g/mol. The molecule has 2 aromatic rings. The van der Waals surface area contributed by atoms with E-state index in [1.807, 2.05) is 12.1 Å². The van der Waals surface area contributed by atoms with Gasteiger partial charge in [0.25, 0.3) is 5.91 Å². The van der Waals surface area contributed by atoms with Gasteiger partial charge in [-0.15, -0.1) is 0 Å². The Morgan fingerprint density at radius 1 is 1.33 bits per heavy atom. The number of phenolic OH excluding ortho intramolecular Hbond substituents is 1. The first-order valence-electron chi connectivity index (χ1n) is 6.79. The lowest BCUT2D eigenvalue weighted by molar-refractivity contribution is -0.386. The maximum atomic E-state index is 12.2. The molecule has 2 N–H and O–H groups in total. The van der Waals surface area contributed by atoms with Gasteiger partial charge in [0.15, 0.2) is 5.75 Å². The van der Waals surface area contributed by atoms with Gasteiger partial charge in [0.05, 0.1) is 12.0 Å². The Balaban J connectivity index is 2.16. The number of carbonyl (C=O) groups is 1. The second kappa shape index (κ2) is 6.11. The molecule has 0 bridgehead atoms. The number of methoxy groups -OCH3 is 1. The third-order valence-corrected chi connectivity index (χ3v) is 4.24. The molecule has 1 heterocycles. The van der Waals surface area contributed by atoms with Crippen molar-refractivity contribution in [1.29, 1.82) is 0 Å². The highest BCUT2D eigenvalue weighted by atomic mass is 127. The van der Waals surface area contributed by atoms with Gasteiger partial charge in [-0.2, -0.15) is 0 Å². The van der Waals surface area contributed by atoms with Gasteiger partial charge < -0.3 is 15.2 Å². The number of aromatic hydroxyl groups is 1. The summed E-state index contributed by atoms with van der Waals surface area (Å²) in [4.78, 5) is 22.6. The van der Waals surface area contributed by atoms with E-state index in [4.69, 9.17) is 4.74 Å². The number of carbonyl (C=O) groups excluding carboxylic acids is 1. The number of nitro groups is 1. The summed E-state index contributed by atoms with van der Waals surface area (Å²) in [5.74, 6) is -0.866. The number of anilines is 1. The van der Waals surface area contributed by atoms with E-state index in [0.717, 1.165) is 9.13 Å². The number of rotatable bonds is 3. The molecule has 0 saturated heterocycles. The van der Waals surface area contributed by atoms with Gasteiger partial charge in [0.2, 0.25) is 5.75 Å². The molecule has 122 valence electrons. The van der Waals surface area contributed by atoms with Gasteiger partial charge in [-0.1, -0.05) is 0 Å². The van der Waals surface area contributed by atoms with Crippen LogP contribution in [0.25, 0.3) is 11.6 Å². The van der Waals surface area contributed by atoms with Crippen LogP contribution in [-0.2, 0) is 4.79 Å². The van der Waals surface area contributed by atoms with Crippen molar-refractivity contribution in [3.63, 3.8) is 0 Å². The summed E-state index contributed by atoms with van der Waals surface area (Å²) >= 11 is 2.14. The van der Waals surface area contributed by atoms with Gasteiger partial charge in [-0.05, 0) is 58.5 Å². The maximum Gasteiger partial charge on any atom is 0.315 e. The summed E-state index contributed by atoms with van der Waals surface area (Å²) in [5, 5.41) is 23.6. The number of nitrogens with zero attached hydrogens (tertiary/aromatic N) is 1. The zero-order valence-corrected chi connectivity index (χ0v) is 14.5. The predicted octanol–water partition coefficient (Wildman–Crippen LogP) is 3.41. The topological polar surface area (TPSA) is 102 Å².